The minimum absolute atomic E-state index is 0.151. The summed E-state index contributed by atoms with van der Waals surface area (Å²) in [5, 5.41) is 7.32. The summed E-state index contributed by atoms with van der Waals surface area (Å²) in [6, 6.07) is 1.75. The molecule has 0 saturated carbocycles. The van der Waals surface area contributed by atoms with Crippen molar-refractivity contribution in [2.75, 3.05) is 0 Å². The fraction of sp³-hybridized carbons (Fsp3) is 0.889. The maximum atomic E-state index is 7.32. The van der Waals surface area contributed by atoms with Crippen molar-refractivity contribution < 1.29 is 0 Å². The normalized spacial score (nSPS) is 8.67. The first-order valence-electron chi connectivity index (χ1n) is 4.28. The van der Waals surface area contributed by atoms with Gasteiger partial charge in [0.1, 0.15) is 4.84 Å². The van der Waals surface area contributed by atoms with Crippen molar-refractivity contribution >= 4 is 23.2 Å². The SMILES string of the molecule is CC#N.CCCCCCC(Cl)Cl. The molecule has 0 fully saturated rings. The minimum Gasteiger partial charge on any atom is -0.199 e. The van der Waals surface area contributed by atoms with E-state index in [4.69, 9.17) is 28.5 Å². The van der Waals surface area contributed by atoms with Crippen LogP contribution < -0.4 is 0 Å². The topological polar surface area (TPSA) is 23.8 Å². The molecule has 0 aromatic rings. The molecule has 0 atom stereocenters. The summed E-state index contributed by atoms with van der Waals surface area (Å²) in [7, 11) is 0. The van der Waals surface area contributed by atoms with Gasteiger partial charge in [0.25, 0.3) is 0 Å². The van der Waals surface area contributed by atoms with Crippen LogP contribution in [0.25, 0.3) is 0 Å². The fourth-order valence-electron chi connectivity index (χ4n) is 0.725. The van der Waals surface area contributed by atoms with E-state index < -0.39 is 0 Å². The second-order valence-electron chi connectivity index (χ2n) is 2.46. The zero-order valence-electron chi connectivity index (χ0n) is 7.82. The summed E-state index contributed by atoms with van der Waals surface area (Å²) in [5.41, 5.74) is 0. The highest BCUT2D eigenvalue weighted by Gasteiger charge is 1.96. The van der Waals surface area contributed by atoms with Gasteiger partial charge in [-0.1, -0.05) is 32.6 Å². The molecule has 0 amide bonds. The molecule has 0 unspecified atom stereocenters. The largest absolute Gasteiger partial charge is 0.199 e. The predicted octanol–water partition coefficient (Wildman–Crippen LogP) is 4.29. The van der Waals surface area contributed by atoms with Crippen LogP contribution in [-0.4, -0.2) is 4.84 Å². The molecule has 1 nitrogen and oxygen atoms in total. The molecule has 0 aliphatic carbocycles. The number of rotatable bonds is 5. The van der Waals surface area contributed by atoms with Gasteiger partial charge in [-0.3, -0.25) is 0 Å². The summed E-state index contributed by atoms with van der Waals surface area (Å²) in [6.07, 6.45) is 5.97. The van der Waals surface area contributed by atoms with Crippen LogP contribution in [0.4, 0.5) is 0 Å². The Bertz CT molecular complexity index is 108. The summed E-state index contributed by atoms with van der Waals surface area (Å²) < 4.78 is 0. The maximum absolute atomic E-state index is 7.32. The van der Waals surface area contributed by atoms with Gasteiger partial charge in [-0.15, -0.1) is 23.2 Å². The lowest BCUT2D eigenvalue weighted by Gasteiger charge is -1.98. The molecule has 0 spiro atoms. The average Bonchev–Trinajstić information content (AvgIpc) is 1.99. The third-order valence-electron chi connectivity index (χ3n) is 1.28. The van der Waals surface area contributed by atoms with Gasteiger partial charge in [-0.05, 0) is 6.42 Å². The van der Waals surface area contributed by atoms with Crippen LogP contribution in [-0.2, 0) is 0 Å². The van der Waals surface area contributed by atoms with Crippen molar-refractivity contribution in [3.8, 4) is 6.07 Å². The lowest BCUT2D eigenvalue weighted by molar-refractivity contribution is 0.650. The van der Waals surface area contributed by atoms with Crippen LogP contribution in [0.3, 0.4) is 0 Å². The second kappa shape index (κ2) is 13.6. The Hall–Kier alpha value is 0.0700. The van der Waals surface area contributed by atoms with Gasteiger partial charge >= 0.3 is 0 Å². The van der Waals surface area contributed by atoms with Crippen LogP contribution in [0.5, 0.6) is 0 Å². The molecule has 0 bridgehead atoms. The summed E-state index contributed by atoms with van der Waals surface area (Å²) in [5.74, 6) is 0. The number of nitriles is 1. The van der Waals surface area contributed by atoms with E-state index >= 15 is 0 Å². The first kappa shape index (κ1) is 14.6. The highest BCUT2D eigenvalue weighted by atomic mass is 35.5. The Morgan fingerprint density at radius 2 is 1.75 bits per heavy atom. The first-order valence-corrected chi connectivity index (χ1v) is 5.15. The van der Waals surface area contributed by atoms with E-state index in [9.17, 15) is 0 Å². The number of alkyl halides is 2. The molecule has 0 aliphatic rings. The molecular weight excluding hydrogens is 193 g/mol. The van der Waals surface area contributed by atoms with E-state index in [2.05, 4.69) is 6.92 Å². The molecule has 0 rings (SSSR count). The number of hydrogen-bond acceptors (Lipinski definition) is 1. The van der Waals surface area contributed by atoms with Gasteiger partial charge in [0.05, 0.1) is 6.07 Å². The Morgan fingerprint density at radius 3 is 2.08 bits per heavy atom. The van der Waals surface area contributed by atoms with E-state index in [1.165, 1.54) is 32.6 Å². The maximum Gasteiger partial charge on any atom is 0.107 e. The second-order valence-corrected chi connectivity index (χ2v) is 3.74. The summed E-state index contributed by atoms with van der Waals surface area (Å²) >= 11 is 11.0. The quantitative estimate of drug-likeness (QED) is 0.490. The van der Waals surface area contributed by atoms with Crippen LogP contribution in [0.2, 0.25) is 0 Å². The summed E-state index contributed by atoms with van der Waals surface area (Å²) in [6.45, 7) is 3.62. The van der Waals surface area contributed by atoms with Crippen molar-refractivity contribution in [2.24, 2.45) is 0 Å². The molecule has 12 heavy (non-hydrogen) atoms. The fourth-order valence-corrected chi connectivity index (χ4v) is 1.03. The van der Waals surface area contributed by atoms with Gasteiger partial charge in [-0.25, -0.2) is 0 Å². The van der Waals surface area contributed by atoms with Crippen molar-refractivity contribution in [3.63, 3.8) is 0 Å². The number of hydrogen-bond donors (Lipinski definition) is 0. The van der Waals surface area contributed by atoms with Gasteiger partial charge in [0, 0.05) is 6.92 Å². The third-order valence-corrected chi connectivity index (χ3v) is 1.71. The molecule has 0 radical (unpaired) electrons. The van der Waals surface area contributed by atoms with E-state index in [-0.39, 0.29) is 4.84 Å². The number of halogens is 2. The molecule has 72 valence electrons. The van der Waals surface area contributed by atoms with Crippen LogP contribution in [0, 0.1) is 11.3 Å². The number of nitrogens with zero attached hydrogens (tertiary/aromatic N) is 1. The molecule has 0 saturated heterocycles. The number of unbranched alkanes of at least 4 members (excludes halogenated alkanes) is 3. The van der Waals surface area contributed by atoms with E-state index in [0.717, 1.165) is 6.42 Å². The van der Waals surface area contributed by atoms with Crippen molar-refractivity contribution in [2.45, 2.75) is 50.8 Å². The van der Waals surface area contributed by atoms with Gasteiger partial charge in [-0.2, -0.15) is 5.26 Å². The lowest BCUT2D eigenvalue weighted by atomic mass is 10.2. The Kier molecular flexibility index (Phi) is 16.6. The van der Waals surface area contributed by atoms with Crippen molar-refractivity contribution in [3.05, 3.63) is 0 Å². The highest BCUT2D eigenvalue weighted by molar-refractivity contribution is 6.44. The van der Waals surface area contributed by atoms with E-state index in [0.29, 0.717) is 0 Å². The highest BCUT2D eigenvalue weighted by Crippen LogP contribution is 2.12. The van der Waals surface area contributed by atoms with Gasteiger partial charge in [0.15, 0.2) is 0 Å². The lowest BCUT2D eigenvalue weighted by Crippen LogP contribution is -1.85. The average molecular weight is 210 g/mol. The zero-order valence-corrected chi connectivity index (χ0v) is 9.33. The monoisotopic (exact) mass is 209 g/mol. The van der Waals surface area contributed by atoms with Crippen molar-refractivity contribution in [1.82, 2.24) is 0 Å². The van der Waals surface area contributed by atoms with Gasteiger partial charge < -0.3 is 0 Å². The standard InChI is InChI=1S/C7H14Cl2.C2H3N/c1-2-3-4-5-6-7(8)9;1-2-3/h7H,2-6H2,1H3;1H3. The van der Waals surface area contributed by atoms with Crippen molar-refractivity contribution in [1.29, 1.82) is 5.26 Å². The minimum atomic E-state index is -0.151. The molecule has 0 aliphatic heterocycles. The van der Waals surface area contributed by atoms with Crippen LogP contribution >= 0.6 is 23.2 Å². The van der Waals surface area contributed by atoms with Gasteiger partial charge in [0.2, 0.25) is 0 Å². The third kappa shape index (κ3) is 22.5. The zero-order chi connectivity index (χ0) is 9.82. The van der Waals surface area contributed by atoms with E-state index in [1.807, 2.05) is 0 Å². The molecule has 0 aromatic carbocycles. The Morgan fingerprint density at radius 1 is 1.25 bits per heavy atom. The predicted molar refractivity (Wildman–Crippen MR) is 55.5 cm³/mol. The molecule has 0 N–H and O–H groups in total. The Labute approximate surface area is 85.7 Å². The van der Waals surface area contributed by atoms with E-state index in [1.54, 1.807) is 6.07 Å². The molecule has 3 heteroatoms. The molecule has 0 aromatic heterocycles. The molecular formula is C9H17Cl2N. The summed E-state index contributed by atoms with van der Waals surface area (Å²) in [4.78, 5) is -0.151. The Balaban J connectivity index is 0. The first-order chi connectivity index (χ1) is 5.68. The smallest absolute Gasteiger partial charge is 0.107 e. The molecule has 0 heterocycles. The van der Waals surface area contributed by atoms with Crippen LogP contribution in [0.1, 0.15) is 46.0 Å². The van der Waals surface area contributed by atoms with Crippen LogP contribution in [0.15, 0.2) is 0 Å².